The van der Waals surface area contributed by atoms with Gasteiger partial charge in [0.15, 0.2) is 0 Å². The third-order valence-corrected chi connectivity index (χ3v) is 3.28. The Morgan fingerprint density at radius 3 is 2.83 bits per heavy atom. The van der Waals surface area contributed by atoms with Crippen molar-refractivity contribution in [2.45, 2.75) is 25.8 Å². The summed E-state index contributed by atoms with van der Waals surface area (Å²) in [5.74, 6) is 3.09. The highest BCUT2D eigenvalue weighted by atomic mass is 19.1. The Hall–Kier alpha value is -1.53. The van der Waals surface area contributed by atoms with Crippen LogP contribution in [0, 0.1) is 24.1 Å². The highest BCUT2D eigenvalue weighted by Crippen LogP contribution is 2.34. The van der Waals surface area contributed by atoms with Gasteiger partial charge in [0.1, 0.15) is 5.82 Å². The van der Waals surface area contributed by atoms with Crippen molar-refractivity contribution in [3.63, 3.8) is 0 Å². The van der Waals surface area contributed by atoms with Gasteiger partial charge in [-0.25, -0.2) is 4.39 Å². The third kappa shape index (κ3) is 2.83. The molecular formula is C15H19FN2. The van der Waals surface area contributed by atoms with E-state index >= 15 is 0 Å². The molecule has 2 nitrogen and oxygen atoms in total. The lowest BCUT2D eigenvalue weighted by Crippen LogP contribution is -2.28. The van der Waals surface area contributed by atoms with E-state index in [9.17, 15) is 4.39 Å². The summed E-state index contributed by atoms with van der Waals surface area (Å²) in [4.78, 5) is 2.07. The standard InChI is InChI=1S/C15H19FN2/c1-3-9-18(10-12-7-8-12)14-6-4-5-13(16)15(14)11(2)17/h1,4-6,11-12H,7-10,17H2,2H3. The van der Waals surface area contributed by atoms with Gasteiger partial charge in [0, 0.05) is 23.8 Å². The summed E-state index contributed by atoms with van der Waals surface area (Å²) in [5, 5.41) is 0. The molecule has 0 bridgehead atoms. The van der Waals surface area contributed by atoms with Crippen molar-refractivity contribution in [3.05, 3.63) is 29.6 Å². The van der Waals surface area contributed by atoms with Crippen molar-refractivity contribution in [2.24, 2.45) is 11.7 Å². The molecule has 1 atom stereocenters. The van der Waals surface area contributed by atoms with E-state index in [1.807, 2.05) is 6.07 Å². The Morgan fingerprint density at radius 1 is 1.56 bits per heavy atom. The van der Waals surface area contributed by atoms with Crippen LogP contribution in [0.15, 0.2) is 18.2 Å². The Labute approximate surface area is 108 Å². The molecule has 2 rings (SSSR count). The van der Waals surface area contributed by atoms with Gasteiger partial charge in [0.2, 0.25) is 0 Å². The number of halogens is 1. The van der Waals surface area contributed by atoms with E-state index in [-0.39, 0.29) is 11.9 Å². The lowest BCUT2D eigenvalue weighted by atomic mass is 10.0. The summed E-state index contributed by atoms with van der Waals surface area (Å²) in [7, 11) is 0. The zero-order valence-electron chi connectivity index (χ0n) is 10.7. The van der Waals surface area contributed by atoms with Crippen molar-refractivity contribution in [2.75, 3.05) is 18.0 Å². The fourth-order valence-corrected chi connectivity index (χ4v) is 2.22. The first-order valence-electron chi connectivity index (χ1n) is 6.36. The zero-order chi connectivity index (χ0) is 13.1. The number of nitrogens with two attached hydrogens (primary N) is 1. The van der Waals surface area contributed by atoms with Crippen molar-refractivity contribution in [1.29, 1.82) is 0 Å². The molecule has 1 aromatic rings. The lowest BCUT2D eigenvalue weighted by molar-refractivity contribution is 0.591. The van der Waals surface area contributed by atoms with Crippen LogP contribution in [0.5, 0.6) is 0 Å². The SMILES string of the molecule is C#CCN(CC1CC1)c1cccc(F)c1C(C)N. The molecule has 0 spiro atoms. The van der Waals surface area contributed by atoms with Crippen LogP contribution in [0.1, 0.15) is 31.4 Å². The normalized spacial score (nSPS) is 16.1. The van der Waals surface area contributed by atoms with Crippen molar-refractivity contribution in [1.82, 2.24) is 0 Å². The molecule has 1 aromatic carbocycles. The largest absolute Gasteiger partial charge is 0.360 e. The van der Waals surface area contributed by atoms with E-state index in [1.165, 1.54) is 18.9 Å². The van der Waals surface area contributed by atoms with Crippen LogP contribution in [0.3, 0.4) is 0 Å². The summed E-state index contributed by atoms with van der Waals surface area (Å²) in [6.07, 6.45) is 7.89. The van der Waals surface area contributed by atoms with Gasteiger partial charge in [-0.2, -0.15) is 0 Å². The Bertz CT molecular complexity index is 458. The first-order chi connectivity index (χ1) is 8.63. The lowest BCUT2D eigenvalue weighted by Gasteiger charge is -2.26. The van der Waals surface area contributed by atoms with Crippen LogP contribution in [-0.4, -0.2) is 13.1 Å². The van der Waals surface area contributed by atoms with Crippen LogP contribution in [0.2, 0.25) is 0 Å². The van der Waals surface area contributed by atoms with Gasteiger partial charge in [-0.05, 0) is 37.8 Å². The molecule has 1 fully saturated rings. The summed E-state index contributed by atoms with van der Waals surface area (Å²) >= 11 is 0. The van der Waals surface area contributed by atoms with Gasteiger partial charge in [0.25, 0.3) is 0 Å². The molecule has 0 radical (unpaired) electrons. The zero-order valence-corrected chi connectivity index (χ0v) is 10.7. The number of hydrogen-bond donors (Lipinski definition) is 1. The second kappa shape index (κ2) is 5.41. The maximum absolute atomic E-state index is 13.9. The van der Waals surface area contributed by atoms with Gasteiger partial charge in [0.05, 0.1) is 6.54 Å². The fraction of sp³-hybridized carbons (Fsp3) is 0.467. The van der Waals surface area contributed by atoms with Crippen LogP contribution in [0.4, 0.5) is 10.1 Å². The van der Waals surface area contributed by atoms with Crippen molar-refractivity contribution in [3.8, 4) is 12.3 Å². The van der Waals surface area contributed by atoms with Crippen LogP contribution in [0.25, 0.3) is 0 Å². The van der Waals surface area contributed by atoms with Gasteiger partial charge in [-0.1, -0.05) is 12.0 Å². The smallest absolute Gasteiger partial charge is 0.130 e. The molecular weight excluding hydrogens is 227 g/mol. The second-order valence-corrected chi connectivity index (χ2v) is 4.99. The number of benzene rings is 1. The maximum atomic E-state index is 13.9. The van der Waals surface area contributed by atoms with E-state index in [2.05, 4.69) is 10.8 Å². The Kier molecular flexibility index (Phi) is 3.88. The molecule has 1 aliphatic rings. The summed E-state index contributed by atoms with van der Waals surface area (Å²) < 4.78 is 13.9. The van der Waals surface area contributed by atoms with Gasteiger partial charge in [-0.15, -0.1) is 6.42 Å². The molecule has 0 saturated heterocycles. The van der Waals surface area contributed by atoms with Gasteiger partial charge < -0.3 is 10.6 Å². The number of nitrogens with zero attached hydrogens (tertiary/aromatic N) is 1. The van der Waals surface area contributed by atoms with E-state index < -0.39 is 0 Å². The van der Waals surface area contributed by atoms with E-state index in [4.69, 9.17) is 12.2 Å². The minimum Gasteiger partial charge on any atom is -0.360 e. The monoisotopic (exact) mass is 246 g/mol. The number of hydrogen-bond acceptors (Lipinski definition) is 2. The van der Waals surface area contributed by atoms with Crippen LogP contribution >= 0.6 is 0 Å². The van der Waals surface area contributed by atoms with Gasteiger partial charge in [-0.3, -0.25) is 0 Å². The predicted octanol–water partition coefficient (Wildman–Crippen LogP) is 2.70. The molecule has 3 heteroatoms. The van der Waals surface area contributed by atoms with Crippen molar-refractivity contribution >= 4 is 5.69 Å². The number of anilines is 1. The highest BCUT2D eigenvalue weighted by molar-refractivity contribution is 5.56. The summed E-state index contributed by atoms with van der Waals surface area (Å²) in [5.41, 5.74) is 7.28. The fourth-order valence-electron chi connectivity index (χ4n) is 2.22. The molecule has 0 aromatic heterocycles. The number of rotatable bonds is 5. The molecule has 0 amide bonds. The number of terminal acetylenes is 1. The average molecular weight is 246 g/mol. The molecule has 1 unspecified atom stereocenters. The van der Waals surface area contributed by atoms with Crippen LogP contribution in [-0.2, 0) is 0 Å². The molecule has 0 heterocycles. The molecule has 0 aliphatic heterocycles. The first kappa shape index (κ1) is 12.9. The summed E-state index contributed by atoms with van der Waals surface area (Å²) in [6.45, 7) is 3.19. The molecule has 2 N–H and O–H groups in total. The molecule has 1 aliphatic carbocycles. The second-order valence-electron chi connectivity index (χ2n) is 4.99. The first-order valence-corrected chi connectivity index (χ1v) is 6.36. The third-order valence-electron chi connectivity index (χ3n) is 3.28. The minimum atomic E-state index is -0.333. The Morgan fingerprint density at radius 2 is 2.28 bits per heavy atom. The highest BCUT2D eigenvalue weighted by Gasteiger charge is 2.26. The van der Waals surface area contributed by atoms with Crippen LogP contribution < -0.4 is 10.6 Å². The maximum Gasteiger partial charge on any atom is 0.130 e. The molecule has 18 heavy (non-hydrogen) atoms. The average Bonchev–Trinajstić information content (AvgIpc) is 3.11. The van der Waals surface area contributed by atoms with E-state index in [1.54, 1.807) is 13.0 Å². The molecule has 96 valence electrons. The van der Waals surface area contributed by atoms with Crippen molar-refractivity contribution < 1.29 is 4.39 Å². The Balaban J connectivity index is 2.33. The minimum absolute atomic E-state index is 0.250. The molecule has 1 saturated carbocycles. The van der Waals surface area contributed by atoms with E-state index in [0.717, 1.165) is 12.2 Å². The van der Waals surface area contributed by atoms with Gasteiger partial charge >= 0.3 is 0 Å². The summed E-state index contributed by atoms with van der Waals surface area (Å²) in [6, 6.07) is 4.74. The quantitative estimate of drug-likeness (QED) is 0.809. The predicted molar refractivity (Wildman–Crippen MR) is 72.8 cm³/mol. The topological polar surface area (TPSA) is 29.3 Å². The van der Waals surface area contributed by atoms with E-state index in [0.29, 0.717) is 18.0 Å².